The van der Waals surface area contributed by atoms with Crippen LogP contribution in [0, 0.1) is 5.92 Å². The highest BCUT2D eigenvalue weighted by atomic mass is 79.9. The second kappa shape index (κ2) is 12.2. The molecule has 1 aliphatic rings. The summed E-state index contributed by atoms with van der Waals surface area (Å²) in [6, 6.07) is 7.45. The van der Waals surface area contributed by atoms with Crippen LogP contribution < -0.4 is 5.32 Å². The van der Waals surface area contributed by atoms with Gasteiger partial charge in [-0.05, 0) is 43.5 Å². The number of carbonyl (C=O) groups excluding carboxylic acids is 2. The van der Waals surface area contributed by atoms with Crippen LogP contribution in [0.25, 0.3) is 0 Å². The van der Waals surface area contributed by atoms with Gasteiger partial charge in [-0.3, -0.25) is 9.59 Å². The van der Waals surface area contributed by atoms with Crippen LogP contribution in [0.15, 0.2) is 28.7 Å². The molecule has 0 aliphatic carbocycles. The van der Waals surface area contributed by atoms with Crippen molar-refractivity contribution < 1.29 is 9.59 Å². The number of benzene rings is 1. The van der Waals surface area contributed by atoms with Crippen LogP contribution in [0.1, 0.15) is 75.1 Å². The van der Waals surface area contributed by atoms with Gasteiger partial charge in [0.15, 0.2) is 0 Å². The number of amides is 2. The Morgan fingerprint density at radius 3 is 2.22 bits per heavy atom. The van der Waals surface area contributed by atoms with Crippen molar-refractivity contribution >= 4 is 27.7 Å². The van der Waals surface area contributed by atoms with Gasteiger partial charge in [-0.1, -0.05) is 61.4 Å². The summed E-state index contributed by atoms with van der Waals surface area (Å²) in [7, 11) is 0. The molecule has 2 amide bonds. The van der Waals surface area contributed by atoms with Crippen molar-refractivity contribution in [3.63, 3.8) is 0 Å². The Morgan fingerprint density at radius 1 is 1.00 bits per heavy atom. The highest BCUT2D eigenvalue weighted by molar-refractivity contribution is 9.10. The molecule has 2 rings (SSSR count). The van der Waals surface area contributed by atoms with E-state index in [1.165, 1.54) is 38.5 Å². The molecule has 0 atom stereocenters. The van der Waals surface area contributed by atoms with Crippen LogP contribution in [0.4, 0.5) is 0 Å². The van der Waals surface area contributed by atoms with E-state index in [1.807, 2.05) is 29.2 Å². The lowest BCUT2D eigenvalue weighted by Gasteiger charge is -2.31. The number of nitrogens with zero attached hydrogens (tertiary/aromatic N) is 1. The molecule has 0 unspecified atom stereocenters. The van der Waals surface area contributed by atoms with E-state index in [4.69, 9.17) is 0 Å². The fourth-order valence-corrected chi connectivity index (χ4v) is 3.82. The first kappa shape index (κ1) is 21.9. The largest absolute Gasteiger partial charge is 0.356 e. The molecular weight excluding hydrogens is 404 g/mol. The number of carbonyl (C=O) groups is 2. The van der Waals surface area contributed by atoms with Gasteiger partial charge in [0.25, 0.3) is 5.91 Å². The zero-order valence-corrected chi connectivity index (χ0v) is 18.1. The lowest BCUT2D eigenvalue weighted by atomic mass is 9.95. The molecule has 4 nitrogen and oxygen atoms in total. The Bertz CT molecular complexity index is 580. The average Bonchev–Trinajstić information content (AvgIpc) is 2.70. The number of hydrogen-bond acceptors (Lipinski definition) is 2. The number of unbranched alkanes of at least 4 members (excludes halogenated alkanes) is 6. The minimum atomic E-state index is 0.0449. The fraction of sp³-hybridized carbons (Fsp3) is 0.636. The van der Waals surface area contributed by atoms with Crippen molar-refractivity contribution in [2.24, 2.45) is 5.92 Å². The first-order valence-electron chi connectivity index (χ1n) is 10.4. The van der Waals surface area contributed by atoms with E-state index in [1.54, 1.807) is 0 Å². The summed E-state index contributed by atoms with van der Waals surface area (Å²) in [5.41, 5.74) is 0.708. The van der Waals surface area contributed by atoms with Crippen LogP contribution in [-0.2, 0) is 4.79 Å². The third-order valence-electron chi connectivity index (χ3n) is 5.32. The van der Waals surface area contributed by atoms with Gasteiger partial charge in [-0.25, -0.2) is 0 Å². The van der Waals surface area contributed by atoms with Crippen LogP contribution in [0.2, 0.25) is 0 Å². The van der Waals surface area contributed by atoms with E-state index < -0.39 is 0 Å². The zero-order chi connectivity index (χ0) is 19.5. The van der Waals surface area contributed by atoms with Crippen molar-refractivity contribution in [1.29, 1.82) is 0 Å². The van der Waals surface area contributed by atoms with Gasteiger partial charge >= 0.3 is 0 Å². The fourth-order valence-electron chi connectivity index (χ4n) is 3.56. The first-order valence-corrected chi connectivity index (χ1v) is 11.2. The van der Waals surface area contributed by atoms with Crippen LogP contribution in [-0.4, -0.2) is 36.3 Å². The van der Waals surface area contributed by atoms with Crippen molar-refractivity contribution in [1.82, 2.24) is 10.2 Å². The van der Waals surface area contributed by atoms with E-state index in [0.29, 0.717) is 18.7 Å². The predicted octanol–water partition coefficient (Wildman–Crippen LogP) is 5.17. The van der Waals surface area contributed by atoms with Crippen molar-refractivity contribution in [2.45, 2.75) is 64.7 Å². The van der Waals surface area contributed by atoms with Crippen molar-refractivity contribution in [3.05, 3.63) is 34.3 Å². The second-order valence-electron chi connectivity index (χ2n) is 7.49. The Kier molecular flexibility index (Phi) is 9.89. The summed E-state index contributed by atoms with van der Waals surface area (Å²) >= 11 is 3.39. The molecule has 0 bridgehead atoms. The van der Waals surface area contributed by atoms with Crippen LogP contribution >= 0.6 is 15.9 Å². The molecule has 1 heterocycles. The summed E-state index contributed by atoms with van der Waals surface area (Å²) in [4.78, 5) is 26.7. The van der Waals surface area contributed by atoms with Gasteiger partial charge in [0, 0.05) is 35.6 Å². The lowest BCUT2D eigenvalue weighted by molar-refractivity contribution is -0.126. The molecule has 150 valence electrons. The Morgan fingerprint density at radius 2 is 1.59 bits per heavy atom. The Hall–Kier alpha value is -1.36. The maximum Gasteiger partial charge on any atom is 0.253 e. The molecule has 1 aromatic carbocycles. The Labute approximate surface area is 172 Å². The number of nitrogens with one attached hydrogen (secondary N) is 1. The van der Waals surface area contributed by atoms with E-state index in [2.05, 4.69) is 28.2 Å². The summed E-state index contributed by atoms with van der Waals surface area (Å²) in [5.74, 6) is 0.268. The SMILES string of the molecule is CCCCCCCCCNC(=O)C1CCN(C(=O)c2ccc(Br)cc2)CC1. The van der Waals surface area contributed by atoms with Crippen LogP contribution in [0.3, 0.4) is 0 Å². The molecule has 0 radical (unpaired) electrons. The molecule has 5 heteroatoms. The highest BCUT2D eigenvalue weighted by Crippen LogP contribution is 2.20. The quantitative estimate of drug-likeness (QED) is 0.514. The van der Waals surface area contributed by atoms with Gasteiger partial charge in [0.05, 0.1) is 0 Å². The Balaban J connectivity index is 1.61. The van der Waals surface area contributed by atoms with Gasteiger partial charge in [-0.2, -0.15) is 0 Å². The third kappa shape index (κ3) is 7.65. The monoisotopic (exact) mass is 436 g/mol. The van der Waals surface area contributed by atoms with E-state index >= 15 is 0 Å². The third-order valence-corrected chi connectivity index (χ3v) is 5.85. The van der Waals surface area contributed by atoms with Gasteiger partial charge < -0.3 is 10.2 Å². The number of halogens is 1. The standard InChI is InChI=1S/C22H33BrN2O2/c1-2-3-4-5-6-7-8-15-24-21(26)18-13-16-25(17-14-18)22(27)19-9-11-20(23)12-10-19/h9-12,18H,2-8,13-17H2,1H3,(H,24,26). The minimum absolute atomic E-state index is 0.0449. The van der Waals surface area contributed by atoms with E-state index in [9.17, 15) is 9.59 Å². The lowest BCUT2D eigenvalue weighted by Crippen LogP contribution is -2.43. The summed E-state index contributed by atoms with van der Waals surface area (Å²) in [5, 5.41) is 3.09. The molecule has 1 aliphatic heterocycles. The number of piperidine rings is 1. The molecule has 0 spiro atoms. The minimum Gasteiger partial charge on any atom is -0.356 e. The zero-order valence-electron chi connectivity index (χ0n) is 16.5. The van der Waals surface area contributed by atoms with Gasteiger partial charge in [-0.15, -0.1) is 0 Å². The van der Waals surface area contributed by atoms with Gasteiger partial charge in [0.1, 0.15) is 0 Å². The van der Waals surface area contributed by atoms with Crippen LogP contribution in [0.5, 0.6) is 0 Å². The van der Waals surface area contributed by atoms with E-state index in [-0.39, 0.29) is 17.7 Å². The summed E-state index contributed by atoms with van der Waals surface area (Å²) < 4.78 is 0.968. The summed E-state index contributed by atoms with van der Waals surface area (Å²) in [6.07, 6.45) is 10.3. The smallest absolute Gasteiger partial charge is 0.253 e. The molecule has 1 N–H and O–H groups in total. The second-order valence-corrected chi connectivity index (χ2v) is 8.40. The highest BCUT2D eigenvalue weighted by Gasteiger charge is 2.27. The molecule has 1 fully saturated rings. The maximum atomic E-state index is 12.5. The number of likely N-dealkylation sites (tertiary alicyclic amines) is 1. The topological polar surface area (TPSA) is 49.4 Å². The number of hydrogen-bond donors (Lipinski definition) is 1. The van der Waals surface area contributed by atoms with Crippen molar-refractivity contribution in [2.75, 3.05) is 19.6 Å². The molecule has 1 aromatic rings. The summed E-state index contributed by atoms with van der Waals surface area (Å²) in [6.45, 7) is 4.33. The van der Waals surface area contributed by atoms with Gasteiger partial charge in [0.2, 0.25) is 5.91 Å². The first-order chi connectivity index (χ1) is 13.1. The maximum absolute atomic E-state index is 12.5. The molecule has 27 heavy (non-hydrogen) atoms. The predicted molar refractivity (Wildman–Crippen MR) is 114 cm³/mol. The number of rotatable bonds is 10. The molecular formula is C22H33BrN2O2. The van der Waals surface area contributed by atoms with E-state index in [0.717, 1.165) is 30.3 Å². The molecule has 1 saturated heterocycles. The molecule has 0 saturated carbocycles. The van der Waals surface area contributed by atoms with Crippen molar-refractivity contribution in [3.8, 4) is 0 Å². The normalized spacial score (nSPS) is 15.0. The average molecular weight is 437 g/mol. The molecule has 0 aromatic heterocycles.